The summed E-state index contributed by atoms with van der Waals surface area (Å²) in [6.07, 6.45) is 1.51. The van der Waals surface area contributed by atoms with E-state index in [0.717, 1.165) is 18.6 Å². The summed E-state index contributed by atoms with van der Waals surface area (Å²) in [4.78, 5) is 18.1. The summed E-state index contributed by atoms with van der Waals surface area (Å²) in [5.41, 5.74) is 0.0579. The summed E-state index contributed by atoms with van der Waals surface area (Å²) in [5.74, 6) is -1.14. The maximum absolute atomic E-state index is 13.8. The van der Waals surface area contributed by atoms with Crippen molar-refractivity contribution < 1.29 is 18.1 Å². The lowest BCUT2D eigenvalue weighted by molar-refractivity contribution is 0.178. The molecule has 6 nitrogen and oxygen atoms in total. The molecule has 1 aliphatic heterocycles. The van der Waals surface area contributed by atoms with Crippen LogP contribution in [0.4, 0.5) is 13.6 Å². The molecule has 128 valence electrons. The Morgan fingerprint density at radius 1 is 1.42 bits per heavy atom. The molecule has 2 amide bonds. The van der Waals surface area contributed by atoms with Crippen LogP contribution in [0.1, 0.15) is 38.6 Å². The number of carbonyl (C=O) groups is 1. The van der Waals surface area contributed by atoms with Crippen molar-refractivity contribution >= 4 is 6.03 Å². The van der Waals surface area contributed by atoms with Gasteiger partial charge in [-0.15, -0.1) is 0 Å². The van der Waals surface area contributed by atoms with Gasteiger partial charge in [-0.3, -0.25) is 0 Å². The number of hydrogen-bond acceptors (Lipinski definition) is 4. The summed E-state index contributed by atoms with van der Waals surface area (Å²) in [7, 11) is 0. The number of nitrogens with one attached hydrogen (secondary N) is 1. The quantitative estimate of drug-likeness (QED) is 0.934. The van der Waals surface area contributed by atoms with Crippen molar-refractivity contribution in [2.24, 2.45) is 0 Å². The molecule has 0 spiro atoms. The first-order valence-corrected chi connectivity index (χ1v) is 7.82. The van der Waals surface area contributed by atoms with Gasteiger partial charge in [-0.25, -0.2) is 13.6 Å². The van der Waals surface area contributed by atoms with Crippen LogP contribution >= 0.6 is 0 Å². The summed E-state index contributed by atoms with van der Waals surface area (Å²) in [5, 5.41) is 6.60. The number of aromatic nitrogens is 2. The van der Waals surface area contributed by atoms with E-state index in [9.17, 15) is 13.6 Å². The van der Waals surface area contributed by atoms with Crippen LogP contribution in [0.3, 0.4) is 0 Å². The molecule has 1 aromatic carbocycles. The molecular formula is C16H18F2N4O2. The lowest BCUT2D eigenvalue weighted by atomic mass is 10.2. The minimum absolute atomic E-state index is 0.0188. The number of amides is 2. The summed E-state index contributed by atoms with van der Waals surface area (Å²) in [6, 6.07) is 2.64. The van der Waals surface area contributed by atoms with Crippen molar-refractivity contribution in [3.8, 4) is 11.4 Å². The standard InChI is InChI=1S/C16H18F2N4O2/c1-9(2)19-16(23)22-7-3-4-13(22)15-20-14(21-24-15)11-6-5-10(17)8-12(11)18/h5-6,8-9,13H,3-4,7H2,1-2H3,(H,19,23). The lowest BCUT2D eigenvalue weighted by Crippen LogP contribution is -2.42. The van der Waals surface area contributed by atoms with E-state index < -0.39 is 11.6 Å². The van der Waals surface area contributed by atoms with E-state index in [1.807, 2.05) is 13.8 Å². The van der Waals surface area contributed by atoms with Crippen LogP contribution < -0.4 is 5.32 Å². The molecule has 24 heavy (non-hydrogen) atoms. The van der Waals surface area contributed by atoms with Gasteiger partial charge in [0.15, 0.2) is 0 Å². The smallest absolute Gasteiger partial charge is 0.318 e. The third-order valence-electron chi connectivity index (χ3n) is 3.82. The fourth-order valence-electron chi connectivity index (χ4n) is 2.75. The van der Waals surface area contributed by atoms with Gasteiger partial charge in [0.2, 0.25) is 11.7 Å². The predicted octanol–water partition coefficient (Wildman–Crippen LogP) is 3.27. The summed E-state index contributed by atoms with van der Waals surface area (Å²) in [6.45, 7) is 4.35. The van der Waals surface area contributed by atoms with Gasteiger partial charge in [-0.1, -0.05) is 5.16 Å². The van der Waals surface area contributed by atoms with E-state index in [1.165, 1.54) is 6.07 Å². The number of nitrogens with zero attached hydrogens (tertiary/aromatic N) is 3. The highest BCUT2D eigenvalue weighted by Crippen LogP contribution is 2.32. The number of rotatable bonds is 3. The van der Waals surface area contributed by atoms with Crippen molar-refractivity contribution in [2.45, 2.75) is 38.8 Å². The normalized spacial score (nSPS) is 17.5. The number of hydrogen-bond donors (Lipinski definition) is 1. The molecule has 1 unspecified atom stereocenters. The van der Waals surface area contributed by atoms with E-state index in [1.54, 1.807) is 4.90 Å². The molecule has 2 heterocycles. The Balaban J connectivity index is 1.83. The number of carbonyl (C=O) groups excluding carboxylic acids is 1. The molecule has 3 rings (SSSR count). The maximum Gasteiger partial charge on any atom is 0.318 e. The van der Waals surface area contributed by atoms with E-state index in [0.29, 0.717) is 13.0 Å². The molecule has 1 atom stereocenters. The minimum atomic E-state index is -0.761. The molecule has 1 N–H and O–H groups in total. The highest BCUT2D eigenvalue weighted by atomic mass is 19.1. The second-order valence-electron chi connectivity index (χ2n) is 6.04. The SMILES string of the molecule is CC(C)NC(=O)N1CCCC1c1nc(-c2ccc(F)cc2F)no1. The highest BCUT2D eigenvalue weighted by molar-refractivity contribution is 5.75. The Kier molecular flexibility index (Phi) is 4.46. The molecule has 8 heteroatoms. The summed E-state index contributed by atoms with van der Waals surface area (Å²) >= 11 is 0. The molecule has 1 saturated heterocycles. The van der Waals surface area contributed by atoms with Crippen molar-refractivity contribution in [1.29, 1.82) is 0 Å². The number of benzene rings is 1. The monoisotopic (exact) mass is 336 g/mol. The van der Waals surface area contributed by atoms with Gasteiger partial charge < -0.3 is 14.7 Å². The van der Waals surface area contributed by atoms with E-state index >= 15 is 0 Å². The van der Waals surface area contributed by atoms with E-state index in [-0.39, 0.29) is 35.4 Å². The van der Waals surface area contributed by atoms with Gasteiger partial charge in [-0.2, -0.15) is 4.98 Å². The molecule has 1 aliphatic rings. The Bertz CT molecular complexity index is 747. The van der Waals surface area contributed by atoms with Crippen LogP contribution in [0.15, 0.2) is 22.7 Å². The van der Waals surface area contributed by atoms with Crippen molar-refractivity contribution in [1.82, 2.24) is 20.4 Å². The Morgan fingerprint density at radius 2 is 2.21 bits per heavy atom. The molecule has 1 aromatic heterocycles. The van der Waals surface area contributed by atoms with E-state index in [4.69, 9.17) is 4.52 Å². The lowest BCUT2D eigenvalue weighted by Gasteiger charge is -2.23. The predicted molar refractivity (Wildman–Crippen MR) is 82.0 cm³/mol. The first kappa shape index (κ1) is 16.4. The maximum atomic E-state index is 13.8. The van der Waals surface area contributed by atoms with E-state index in [2.05, 4.69) is 15.5 Å². The molecule has 1 fully saturated rings. The van der Waals surface area contributed by atoms with Crippen LogP contribution in [0.5, 0.6) is 0 Å². The molecule has 0 radical (unpaired) electrons. The second-order valence-corrected chi connectivity index (χ2v) is 6.04. The fraction of sp³-hybridized carbons (Fsp3) is 0.438. The average Bonchev–Trinajstić information content (AvgIpc) is 3.15. The molecule has 0 aliphatic carbocycles. The van der Waals surface area contributed by atoms with Gasteiger partial charge in [0, 0.05) is 18.7 Å². The van der Waals surface area contributed by atoms with Crippen molar-refractivity contribution in [2.75, 3.05) is 6.54 Å². The zero-order valence-corrected chi connectivity index (χ0v) is 13.4. The third-order valence-corrected chi connectivity index (χ3v) is 3.82. The number of likely N-dealkylation sites (tertiary alicyclic amines) is 1. The first-order valence-electron chi connectivity index (χ1n) is 7.82. The van der Waals surface area contributed by atoms with Crippen LogP contribution in [-0.2, 0) is 0 Å². The molecule has 0 bridgehead atoms. The van der Waals surface area contributed by atoms with Crippen LogP contribution in [0.25, 0.3) is 11.4 Å². The highest BCUT2D eigenvalue weighted by Gasteiger charge is 2.34. The second kappa shape index (κ2) is 6.54. The van der Waals surface area contributed by atoms with Gasteiger partial charge in [-0.05, 0) is 38.8 Å². The van der Waals surface area contributed by atoms with Gasteiger partial charge in [0.1, 0.15) is 17.7 Å². The zero-order valence-electron chi connectivity index (χ0n) is 13.4. The molecular weight excluding hydrogens is 318 g/mol. The average molecular weight is 336 g/mol. The molecule has 2 aromatic rings. The van der Waals surface area contributed by atoms with Crippen LogP contribution in [0, 0.1) is 11.6 Å². The van der Waals surface area contributed by atoms with Gasteiger partial charge in [0.25, 0.3) is 0 Å². The van der Waals surface area contributed by atoms with Gasteiger partial charge >= 0.3 is 6.03 Å². The van der Waals surface area contributed by atoms with Gasteiger partial charge in [0.05, 0.1) is 5.56 Å². The third kappa shape index (κ3) is 3.22. The number of urea groups is 1. The topological polar surface area (TPSA) is 71.3 Å². The Hall–Kier alpha value is -2.51. The minimum Gasteiger partial charge on any atom is -0.337 e. The van der Waals surface area contributed by atoms with Crippen LogP contribution in [-0.4, -0.2) is 33.7 Å². The molecule has 0 saturated carbocycles. The number of halogens is 2. The Labute approximate surface area is 137 Å². The fourth-order valence-corrected chi connectivity index (χ4v) is 2.75. The van der Waals surface area contributed by atoms with Crippen molar-refractivity contribution in [3.05, 3.63) is 35.7 Å². The van der Waals surface area contributed by atoms with Crippen LogP contribution in [0.2, 0.25) is 0 Å². The largest absolute Gasteiger partial charge is 0.337 e. The summed E-state index contributed by atoms with van der Waals surface area (Å²) < 4.78 is 32.1. The first-order chi connectivity index (χ1) is 11.5. The van der Waals surface area contributed by atoms with Crippen molar-refractivity contribution in [3.63, 3.8) is 0 Å². The Morgan fingerprint density at radius 3 is 2.92 bits per heavy atom. The zero-order chi connectivity index (χ0) is 17.3.